The summed E-state index contributed by atoms with van der Waals surface area (Å²) < 4.78 is 0. The molecule has 0 saturated carbocycles. The number of hydrazine groups is 1. The van der Waals surface area contributed by atoms with E-state index >= 15 is 0 Å². The Labute approximate surface area is 156 Å². The maximum absolute atomic E-state index is 12.9. The molecule has 2 N–H and O–H groups in total. The number of pyridine rings is 1. The van der Waals surface area contributed by atoms with Crippen molar-refractivity contribution in [2.24, 2.45) is 0 Å². The molecule has 0 bridgehead atoms. The molecule has 1 aliphatic carbocycles. The van der Waals surface area contributed by atoms with Gasteiger partial charge in [0.15, 0.2) is 0 Å². The average Bonchev–Trinajstić information content (AvgIpc) is 3.09. The van der Waals surface area contributed by atoms with Gasteiger partial charge < -0.3 is 5.43 Å². The first kappa shape index (κ1) is 16.8. The van der Waals surface area contributed by atoms with Crippen molar-refractivity contribution in [3.63, 3.8) is 0 Å². The molecule has 0 spiro atoms. The summed E-state index contributed by atoms with van der Waals surface area (Å²) in [5, 5.41) is 2.88. The van der Waals surface area contributed by atoms with E-state index in [1.54, 1.807) is 11.3 Å². The Hall–Kier alpha value is -2.66. The number of nitrogens with one attached hydrogen (secondary N) is 2. The Bertz CT molecular complexity index is 947. The molecule has 1 aliphatic rings. The van der Waals surface area contributed by atoms with Crippen LogP contribution in [0, 0.1) is 0 Å². The summed E-state index contributed by atoms with van der Waals surface area (Å²) in [6, 6.07) is 13.7. The zero-order valence-corrected chi connectivity index (χ0v) is 15.3. The van der Waals surface area contributed by atoms with E-state index in [1.165, 1.54) is 12.8 Å². The third-order valence-electron chi connectivity index (χ3n) is 4.61. The molecule has 26 heavy (non-hydrogen) atoms. The molecule has 0 atom stereocenters. The minimum absolute atomic E-state index is 0.133. The van der Waals surface area contributed by atoms with Gasteiger partial charge in [-0.05, 0) is 49.3 Å². The highest BCUT2D eigenvalue weighted by molar-refractivity contribution is 7.13. The second kappa shape index (κ2) is 7.70. The molecule has 4 rings (SSSR count). The predicted octanol–water partition coefficient (Wildman–Crippen LogP) is 5.05. The van der Waals surface area contributed by atoms with E-state index < -0.39 is 0 Å². The van der Waals surface area contributed by atoms with E-state index in [0.29, 0.717) is 5.56 Å². The Balaban J connectivity index is 1.63. The van der Waals surface area contributed by atoms with E-state index in [0.717, 1.165) is 46.4 Å². The topological polar surface area (TPSA) is 54.0 Å². The highest BCUT2D eigenvalue weighted by Crippen LogP contribution is 2.27. The quantitative estimate of drug-likeness (QED) is 0.638. The number of hydrogen-bond donors (Lipinski definition) is 2. The number of thiophene rings is 1. The van der Waals surface area contributed by atoms with Crippen molar-refractivity contribution in [2.45, 2.75) is 32.1 Å². The maximum Gasteiger partial charge on any atom is 0.270 e. The molecule has 5 heteroatoms. The normalized spacial score (nSPS) is 14.5. The lowest BCUT2D eigenvalue weighted by Gasteiger charge is -2.13. The summed E-state index contributed by atoms with van der Waals surface area (Å²) in [5.74, 6) is -0.133. The molecule has 2 aromatic heterocycles. The number of benzene rings is 1. The van der Waals surface area contributed by atoms with Gasteiger partial charge in [-0.1, -0.05) is 36.8 Å². The smallest absolute Gasteiger partial charge is 0.270 e. The van der Waals surface area contributed by atoms with Gasteiger partial charge in [0.2, 0.25) is 0 Å². The second-order valence-corrected chi connectivity index (χ2v) is 7.41. The molecule has 0 aliphatic heterocycles. The SMILES string of the molecule is O=C(NNC1=CCCCCC1)c1cc(-c2cccs2)nc2ccccc12. The van der Waals surface area contributed by atoms with Crippen LogP contribution in [0.2, 0.25) is 0 Å². The summed E-state index contributed by atoms with van der Waals surface area (Å²) >= 11 is 1.62. The number of carbonyl (C=O) groups is 1. The zero-order chi connectivity index (χ0) is 17.8. The Morgan fingerprint density at radius 1 is 1.08 bits per heavy atom. The molecule has 2 heterocycles. The summed E-state index contributed by atoms with van der Waals surface area (Å²) in [7, 11) is 0. The van der Waals surface area contributed by atoms with Gasteiger partial charge in [-0.2, -0.15) is 0 Å². The molecule has 3 aromatic rings. The minimum Gasteiger partial charge on any atom is -0.303 e. The number of rotatable bonds is 4. The van der Waals surface area contributed by atoms with Crippen LogP contribution >= 0.6 is 11.3 Å². The molecule has 0 saturated heterocycles. The fourth-order valence-corrected chi connectivity index (χ4v) is 3.93. The van der Waals surface area contributed by atoms with Gasteiger partial charge in [-0.3, -0.25) is 10.2 Å². The van der Waals surface area contributed by atoms with Crippen molar-refractivity contribution in [3.8, 4) is 10.6 Å². The molecular formula is C21H21N3OS. The average molecular weight is 363 g/mol. The van der Waals surface area contributed by atoms with Crippen LogP contribution in [0.1, 0.15) is 42.5 Å². The molecule has 4 nitrogen and oxygen atoms in total. The van der Waals surface area contributed by atoms with Crippen molar-refractivity contribution in [1.82, 2.24) is 15.8 Å². The summed E-state index contributed by atoms with van der Waals surface area (Å²) in [4.78, 5) is 18.7. The number of fused-ring (bicyclic) bond motifs is 1. The van der Waals surface area contributed by atoms with Gasteiger partial charge >= 0.3 is 0 Å². The van der Waals surface area contributed by atoms with Gasteiger partial charge in [0.1, 0.15) is 0 Å². The summed E-state index contributed by atoms with van der Waals surface area (Å²) in [5.41, 5.74) is 9.41. The highest BCUT2D eigenvalue weighted by Gasteiger charge is 2.14. The number of nitrogens with zero attached hydrogens (tertiary/aromatic N) is 1. The predicted molar refractivity (Wildman–Crippen MR) is 107 cm³/mol. The number of hydrogen-bond acceptors (Lipinski definition) is 4. The zero-order valence-electron chi connectivity index (χ0n) is 14.5. The van der Waals surface area contributed by atoms with Crippen molar-refractivity contribution >= 4 is 28.1 Å². The molecule has 0 radical (unpaired) electrons. The molecule has 0 unspecified atom stereocenters. The van der Waals surface area contributed by atoms with Crippen LogP contribution in [0.5, 0.6) is 0 Å². The van der Waals surface area contributed by atoms with Crippen LogP contribution < -0.4 is 10.9 Å². The number of amides is 1. The summed E-state index contributed by atoms with van der Waals surface area (Å²) in [6.45, 7) is 0. The maximum atomic E-state index is 12.9. The summed E-state index contributed by atoms with van der Waals surface area (Å²) in [6.07, 6.45) is 7.87. The van der Waals surface area contributed by atoms with Gasteiger partial charge in [0, 0.05) is 11.1 Å². The van der Waals surface area contributed by atoms with Crippen molar-refractivity contribution in [1.29, 1.82) is 0 Å². The van der Waals surface area contributed by atoms with Gasteiger partial charge in [-0.15, -0.1) is 11.3 Å². The van der Waals surface area contributed by atoms with E-state index in [-0.39, 0.29) is 5.91 Å². The first-order chi connectivity index (χ1) is 12.8. The standard InChI is InChI=1S/C21H21N3OS/c25-21(24-23-15-8-3-1-2-4-9-15)17-14-19(20-12-7-13-26-20)22-18-11-6-5-10-16(17)18/h5-8,10-14,23H,1-4,9H2,(H,24,25). The molecule has 0 fully saturated rings. The van der Waals surface area contributed by atoms with E-state index in [4.69, 9.17) is 4.98 Å². The number of allylic oxidation sites excluding steroid dienone is 2. The molecule has 1 aromatic carbocycles. The largest absolute Gasteiger partial charge is 0.303 e. The van der Waals surface area contributed by atoms with Crippen LogP contribution in [0.4, 0.5) is 0 Å². The molecular weight excluding hydrogens is 342 g/mol. The van der Waals surface area contributed by atoms with Crippen LogP contribution in [0.25, 0.3) is 21.5 Å². The monoisotopic (exact) mass is 363 g/mol. The lowest BCUT2D eigenvalue weighted by Crippen LogP contribution is -2.36. The third-order valence-corrected chi connectivity index (χ3v) is 5.50. The van der Waals surface area contributed by atoms with Gasteiger partial charge in [0.25, 0.3) is 5.91 Å². The third kappa shape index (κ3) is 3.63. The van der Waals surface area contributed by atoms with Crippen molar-refractivity contribution < 1.29 is 4.79 Å². The lowest BCUT2D eigenvalue weighted by molar-refractivity contribution is 0.0940. The highest BCUT2D eigenvalue weighted by atomic mass is 32.1. The lowest BCUT2D eigenvalue weighted by atomic mass is 10.1. The van der Waals surface area contributed by atoms with E-state index in [9.17, 15) is 4.79 Å². The fourth-order valence-electron chi connectivity index (χ4n) is 3.25. The second-order valence-electron chi connectivity index (χ2n) is 6.46. The van der Waals surface area contributed by atoms with Crippen LogP contribution in [0.15, 0.2) is 59.6 Å². The van der Waals surface area contributed by atoms with Gasteiger partial charge in [0.05, 0.1) is 21.7 Å². The van der Waals surface area contributed by atoms with Gasteiger partial charge in [-0.25, -0.2) is 4.98 Å². The van der Waals surface area contributed by atoms with Crippen molar-refractivity contribution in [3.05, 3.63) is 65.2 Å². The minimum atomic E-state index is -0.133. The first-order valence-electron chi connectivity index (χ1n) is 9.00. The number of para-hydroxylation sites is 1. The van der Waals surface area contributed by atoms with E-state index in [1.807, 2.05) is 47.8 Å². The molecule has 132 valence electrons. The fraction of sp³-hybridized carbons (Fsp3) is 0.238. The Morgan fingerprint density at radius 2 is 2.00 bits per heavy atom. The molecule has 1 amide bonds. The Morgan fingerprint density at radius 3 is 2.88 bits per heavy atom. The first-order valence-corrected chi connectivity index (χ1v) is 9.88. The van der Waals surface area contributed by atoms with E-state index in [2.05, 4.69) is 16.9 Å². The number of aromatic nitrogens is 1. The van der Waals surface area contributed by atoms with Crippen molar-refractivity contribution in [2.75, 3.05) is 0 Å². The number of carbonyl (C=O) groups excluding carboxylic acids is 1. The van der Waals surface area contributed by atoms with Crippen LogP contribution in [0.3, 0.4) is 0 Å². The van der Waals surface area contributed by atoms with Crippen LogP contribution in [-0.2, 0) is 0 Å². The van der Waals surface area contributed by atoms with Crippen LogP contribution in [-0.4, -0.2) is 10.9 Å². The Kier molecular flexibility index (Phi) is 4.97.